The number of nitro groups is 1. The van der Waals surface area contributed by atoms with E-state index in [0.29, 0.717) is 0 Å². The van der Waals surface area contributed by atoms with Gasteiger partial charge in [-0.15, -0.1) is 0 Å². The second-order valence-electron chi connectivity index (χ2n) is 4.53. The van der Waals surface area contributed by atoms with Crippen LogP contribution in [-0.4, -0.2) is 25.8 Å². The molecule has 0 saturated heterocycles. The molecule has 0 fully saturated rings. The van der Waals surface area contributed by atoms with Gasteiger partial charge in [0.2, 0.25) is 0 Å². The van der Waals surface area contributed by atoms with E-state index in [1.807, 2.05) is 6.92 Å². The van der Waals surface area contributed by atoms with E-state index >= 15 is 0 Å². The predicted molar refractivity (Wildman–Crippen MR) is 75.3 cm³/mol. The average Bonchev–Trinajstić information content (AvgIpc) is 2.73. The van der Waals surface area contributed by atoms with Crippen LogP contribution in [0.25, 0.3) is 0 Å². The maximum Gasteiger partial charge on any atom is 0.338 e. The molecular formula is C13H14N4O4. The Kier molecular flexibility index (Phi) is 3.88. The van der Waals surface area contributed by atoms with E-state index in [1.54, 1.807) is 17.9 Å². The van der Waals surface area contributed by atoms with Crippen molar-refractivity contribution in [1.82, 2.24) is 9.78 Å². The van der Waals surface area contributed by atoms with Crippen molar-refractivity contribution in [2.75, 3.05) is 5.32 Å². The molecule has 2 rings (SSSR count). The van der Waals surface area contributed by atoms with Crippen LogP contribution in [0, 0.1) is 17.0 Å². The highest BCUT2D eigenvalue weighted by Gasteiger charge is 2.21. The van der Waals surface area contributed by atoms with Gasteiger partial charge in [0.1, 0.15) is 5.69 Å². The molecule has 0 aliphatic heterocycles. The number of hydrogen-bond donors (Lipinski definition) is 2. The number of nitrogens with zero attached hydrogens (tertiary/aromatic N) is 3. The first kappa shape index (κ1) is 14.5. The number of carboxylic acids is 1. The number of carboxylic acid groups (broad SMARTS) is 1. The summed E-state index contributed by atoms with van der Waals surface area (Å²) in [6.07, 6.45) is 1.78. The molecule has 8 heteroatoms. The number of hydrogen-bond acceptors (Lipinski definition) is 5. The lowest BCUT2D eigenvalue weighted by Gasteiger charge is -2.09. The van der Waals surface area contributed by atoms with Crippen LogP contribution in [-0.2, 0) is 13.6 Å². The predicted octanol–water partition coefficient (Wildman–Crippen LogP) is 1.95. The van der Waals surface area contributed by atoms with Crippen molar-refractivity contribution in [3.8, 4) is 0 Å². The molecule has 0 spiro atoms. The van der Waals surface area contributed by atoms with Gasteiger partial charge in [-0.05, 0) is 13.0 Å². The summed E-state index contributed by atoms with van der Waals surface area (Å²) in [5.41, 5.74) is 1.22. The van der Waals surface area contributed by atoms with E-state index in [9.17, 15) is 14.9 Å². The minimum Gasteiger partial charge on any atom is -0.478 e. The molecule has 0 unspecified atom stereocenters. The molecule has 8 nitrogen and oxygen atoms in total. The van der Waals surface area contributed by atoms with Gasteiger partial charge < -0.3 is 10.4 Å². The molecule has 110 valence electrons. The molecule has 2 aromatic rings. The van der Waals surface area contributed by atoms with Crippen LogP contribution in [0.2, 0.25) is 0 Å². The summed E-state index contributed by atoms with van der Waals surface area (Å²) in [6, 6.07) is 3.95. The van der Waals surface area contributed by atoms with Crippen LogP contribution < -0.4 is 5.32 Å². The van der Waals surface area contributed by atoms with E-state index in [-0.39, 0.29) is 23.5 Å². The number of nitrogens with one attached hydrogen (secondary N) is 1. The number of aryl methyl sites for hydroxylation is 2. The lowest BCUT2D eigenvalue weighted by atomic mass is 10.1. The number of carbonyl (C=O) groups is 1. The normalized spacial score (nSPS) is 10.4. The number of anilines is 1. The standard InChI is InChI=1S/C13H14N4O4/c1-8-9(7-16(2)15-8)6-14-12-10(13(18)19)4-3-5-11(12)17(20)21/h3-5,7,14H,6H2,1-2H3,(H,18,19). The fourth-order valence-corrected chi connectivity index (χ4v) is 2.06. The van der Waals surface area contributed by atoms with Gasteiger partial charge in [-0.2, -0.15) is 5.10 Å². The van der Waals surface area contributed by atoms with Crippen LogP contribution in [0.5, 0.6) is 0 Å². The number of nitro benzene ring substituents is 1. The van der Waals surface area contributed by atoms with Gasteiger partial charge in [0, 0.05) is 31.4 Å². The van der Waals surface area contributed by atoms with Crippen LogP contribution in [0.4, 0.5) is 11.4 Å². The number of aromatic carboxylic acids is 1. The van der Waals surface area contributed by atoms with Crippen molar-refractivity contribution in [2.45, 2.75) is 13.5 Å². The maximum absolute atomic E-state index is 11.2. The van der Waals surface area contributed by atoms with Gasteiger partial charge in [-0.1, -0.05) is 6.07 Å². The molecule has 1 aromatic carbocycles. The van der Waals surface area contributed by atoms with Gasteiger partial charge >= 0.3 is 5.97 Å². The summed E-state index contributed by atoms with van der Waals surface area (Å²) in [5, 5.41) is 27.2. The van der Waals surface area contributed by atoms with Gasteiger partial charge in [0.05, 0.1) is 16.2 Å². The second-order valence-corrected chi connectivity index (χ2v) is 4.53. The highest BCUT2D eigenvalue weighted by Crippen LogP contribution is 2.29. The third-order valence-electron chi connectivity index (χ3n) is 3.04. The van der Waals surface area contributed by atoms with E-state index in [2.05, 4.69) is 10.4 Å². The third-order valence-corrected chi connectivity index (χ3v) is 3.04. The van der Waals surface area contributed by atoms with Crippen molar-refractivity contribution in [3.05, 3.63) is 51.3 Å². The van der Waals surface area contributed by atoms with E-state index in [4.69, 9.17) is 5.11 Å². The quantitative estimate of drug-likeness (QED) is 0.643. The summed E-state index contributed by atoms with van der Waals surface area (Å²) in [7, 11) is 1.77. The summed E-state index contributed by atoms with van der Waals surface area (Å²) in [5.74, 6) is -1.22. The zero-order valence-electron chi connectivity index (χ0n) is 11.5. The maximum atomic E-state index is 11.2. The van der Waals surface area contributed by atoms with Gasteiger partial charge in [0.15, 0.2) is 0 Å². The van der Waals surface area contributed by atoms with E-state index < -0.39 is 10.9 Å². The van der Waals surface area contributed by atoms with Crippen LogP contribution >= 0.6 is 0 Å². The molecule has 1 aromatic heterocycles. The Bertz CT molecular complexity index is 676. The van der Waals surface area contributed by atoms with E-state index in [1.165, 1.54) is 18.2 Å². The zero-order chi connectivity index (χ0) is 15.6. The minimum atomic E-state index is -1.22. The van der Waals surface area contributed by atoms with Gasteiger partial charge in [-0.25, -0.2) is 4.79 Å². The summed E-state index contributed by atoms with van der Waals surface area (Å²) in [4.78, 5) is 21.6. The molecule has 0 aliphatic carbocycles. The number of para-hydroxylation sites is 1. The largest absolute Gasteiger partial charge is 0.478 e. The first-order valence-electron chi connectivity index (χ1n) is 6.14. The molecular weight excluding hydrogens is 276 g/mol. The van der Waals surface area contributed by atoms with Crippen molar-refractivity contribution in [3.63, 3.8) is 0 Å². The average molecular weight is 290 g/mol. The Balaban J connectivity index is 2.35. The van der Waals surface area contributed by atoms with Crippen molar-refractivity contribution in [2.24, 2.45) is 7.05 Å². The number of benzene rings is 1. The molecule has 1 heterocycles. The SMILES string of the molecule is Cc1nn(C)cc1CNc1c(C(=O)O)cccc1[N+](=O)[O-]. The van der Waals surface area contributed by atoms with Gasteiger partial charge in [-0.3, -0.25) is 14.8 Å². The molecule has 0 saturated carbocycles. The molecule has 0 aliphatic rings. The molecule has 2 N–H and O–H groups in total. The highest BCUT2D eigenvalue weighted by molar-refractivity contribution is 5.96. The lowest BCUT2D eigenvalue weighted by Crippen LogP contribution is -2.09. The Morgan fingerprint density at radius 2 is 2.24 bits per heavy atom. The summed E-state index contributed by atoms with van der Waals surface area (Å²) in [6.45, 7) is 2.07. The third kappa shape index (κ3) is 2.99. The Morgan fingerprint density at radius 3 is 2.76 bits per heavy atom. The summed E-state index contributed by atoms with van der Waals surface area (Å²) < 4.78 is 1.63. The molecule has 21 heavy (non-hydrogen) atoms. The number of rotatable bonds is 5. The lowest BCUT2D eigenvalue weighted by molar-refractivity contribution is -0.384. The molecule has 0 atom stereocenters. The highest BCUT2D eigenvalue weighted by atomic mass is 16.6. The zero-order valence-corrected chi connectivity index (χ0v) is 11.5. The first-order valence-corrected chi connectivity index (χ1v) is 6.14. The minimum absolute atomic E-state index is 0.00162. The van der Waals surface area contributed by atoms with Crippen LogP contribution in [0.15, 0.2) is 24.4 Å². The molecule has 0 amide bonds. The molecule has 0 radical (unpaired) electrons. The smallest absolute Gasteiger partial charge is 0.338 e. The van der Waals surface area contributed by atoms with Crippen LogP contribution in [0.1, 0.15) is 21.6 Å². The van der Waals surface area contributed by atoms with E-state index in [0.717, 1.165) is 11.3 Å². The fraction of sp³-hybridized carbons (Fsp3) is 0.231. The Morgan fingerprint density at radius 1 is 1.52 bits per heavy atom. The second kappa shape index (κ2) is 5.61. The van der Waals surface area contributed by atoms with Crippen molar-refractivity contribution < 1.29 is 14.8 Å². The van der Waals surface area contributed by atoms with Crippen LogP contribution in [0.3, 0.4) is 0 Å². The summed E-state index contributed by atoms with van der Waals surface area (Å²) >= 11 is 0. The number of aromatic nitrogens is 2. The first-order chi connectivity index (χ1) is 9.90. The van der Waals surface area contributed by atoms with Crippen molar-refractivity contribution in [1.29, 1.82) is 0 Å². The van der Waals surface area contributed by atoms with Gasteiger partial charge in [0.25, 0.3) is 5.69 Å². The van der Waals surface area contributed by atoms with Crippen molar-refractivity contribution >= 4 is 17.3 Å². The topological polar surface area (TPSA) is 110 Å². The Hall–Kier alpha value is -2.90. The Labute approximate surface area is 120 Å². The fourth-order valence-electron chi connectivity index (χ4n) is 2.06. The monoisotopic (exact) mass is 290 g/mol. The molecule has 0 bridgehead atoms.